The Hall–Kier alpha value is -2.75. The van der Waals surface area contributed by atoms with Crippen molar-refractivity contribution in [2.24, 2.45) is 0 Å². The highest BCUT2D eigenvalue weighted by Gasteiger charge is 2.07. The Bertz CT molecular complexity index is 757. The van der Waals surface area contributed by atoms with Crippen molar-refractivity contribution in [3.8, 4) is 5.75 Å². The van der Waals surface area contributed by atoms with Crippen molar-refractivity contribution >= 4 is 16.9 Å². The lowest BCUT2D eigenvalue weighted by molar-refractivity contribution is 0.0953. The number of carbonyl (C=O) groups excluding carboxylic acids is 1. The van der Waals surface area contributed by atoms with Crippen LogP contribution in [0, 0.1) is 0 Å². The van der Waals surface area contributed by atoms with Crippen LogP contribution in [0.5, 0.6) is 5.75 Å². The van der Waals surface area contributed by atoms with Crippen molar-refractivity contribution in [3.63, 3.8) is 0 Å². The smallest absolute Gasteiger partial charge is 0.251 e. The van der Waals surface area contributed by atoms with Gasteiger partial charge >= 0.3 is 0 Å². The maximum Gasteiger partial charge on any atom is 0.251 e. The topological polar surface area (TPSA) is 51.5 Å². The Morgan fingerprint density at radius 2 is 1.91 bits per heavy atom. The summed E-state index contributed by atoms with van der Waals surface area (Å²) in [5, 5.41) is 3.99. The molecule has 1 aromatic heterocycles. The van der Waals surface area contributed by atoms with Crippen molar-refractivity contribution in [2.75, 3.05) is 13.2 Å². The minimum Gasteiger partial charge on any atom is -0.494 e. The van der Waals surface area contributed by atoms with E-state index in [2.05, 4.69) is 5.32 Å². The molecule has 2 aromatic carbocycles. The van der Waals surface area contributed by atoms with Gasteiger partial charge in [0.05, 0.1) is 6.61 Å². The Morgan fingerprint density at radius 3 is 2.65 bits per heavy atom. The fourth-order valence-corrected chi connectivity index (χ4v) is 2.43. The number of para-hydroxylation sites is 1. The molecule has 1 heterocycles. The molecule has 4 nitrogen and oxygen atoms in total. The Morgan fingerprint density at radius 1 is 1.13 bits per heavy atom. The zero-order chi connectivity index (χ0) is 16.1. The van der Waals surface area contributed by atoms with E-state index in [1.165, 1.54) is 0 Å². The average molecular weight is 309 g/mol. The molecule has 3 aromatic rings. The lowest BCUT2D eigenvalue weighted by atomic mass is 10.2. The SMILES string of the molecule is CCOc1ccc(C(=O)NCCc2cc3ccccc3o2)cc1. The van der Waals surface area contributed by atoms with Crippen LogP contribution in [0.25, 0.3) is 11.0 Å². The molecular formula is C19H19NO3. The van der Waals surface area contributed by atoms with E-state index in [1.807, 2.05) is 37.3 Å². The summed E-state index contributed by atoms with van der Waals surface area (Å²) in [4.78, 5) is 12.1. The molecule has 1 N–H and O–H groups in total. The van der Waals surface area contributed by atoms with Gasteiger partial charge in [0.25, 0.3) is 5.91 Å². The lowest BCUT2D eigenvalue weighted by Crippen LogP contribution is -2.25. The van der Waals surface area contributed by atoms with Crippen LogP contribution in [0.15, 0.2) is 59.0 Å². The van der Waals surface area contributed by atoms with Crippen molar-refractivity contribution in [1.82, 2.24) is 5.32 Å². The van der Waals surface area contributed by atoms with E-state index in [0.29, 0.717) is 25.1 Å². The van der Waals surface area contributed by atoms with Crippen LogP contribution in [0.2, 0.25) is 0 Å². The third-order valence-electron chi connectivity index (χ3n) is 3.56. The van der Waals surface area contributed by atoms with E-state index < -0.39 is 0 Å². The first-order chi connectivity index (χ1) is 11.3. The second kappa shape index (κ2) is 7.01. The standard InChI is InChI=1S/C19H19NO3/c1-2-22-16-9-7-14(8-10-16)19(21)20-12-11-17-13-15-5-3-4-6-18(15)23-17/h3-10,13H,2,11-12H2,1H3,(H,20,21). The molecule has 0 bridgehead atoms. The second-order valence-corrected chi connectivity index (χ2v) is 5.21. The summed E-state index contributed by atoms with van der Waals surface area (Å²) in [6, 6.07) is 17.0. The number of amides is 1. The van der Waals surface area contributed by atoms with Gasteiger partial charge in [0, 0.05) is 23.9 Å². The molecule has 0 aliphatic carbocycles. The third-order valence-corrected chi connectivity index (χ3v) is 3.56. The molecule has 0 saturated carbocycles. The number of fused-ring (bicyclic) bond motifs is 1. The van der Waals surface area contributed by atoms with E-state index in [-0.39, 0.29) is 5.91 Å². The predicted octanol–water partition coefficient (Wildman–Crippen LogP) is 3.80. The van der Waals surface area contributed by atoms with Crippen LogP contribution in [0.4, 0.5) is 0 Å². The Balaban J connectivity index is 1.54. The Kier molecular flexibility index (Phi) is 4.62. The number of hydrogen-bond acceptors (Lipinski definition) is 3. The summed E-state index contributed by atoms with van der Waals surface area (Å²) in [7, 11) is 0. The molecule has 0 fully saturated rings. The second-order valence-electron chi connectivity index (χ2n) is 5.21. The van der Waals surface area contributed by atoms with Gasteiger partial charge in [0.1, 0.15) is 17.1 Å². The van der Waals surface area contributed by atoms with Gasteiger partial charge in [-0.2, -0.15) is 0 Å². The fourth-order valence-electron chi connectivity index (χ4n) is 2.43. The predicted molar refractivity (Wildman–Crippen MR) is 89.9 cm³/mol. The first-order valence-corrected chi connectivity index (χ1v) is 7.75. The largest absolute Gasteiger partial charge is 0.494 e. The van der Waals surface area contributed by atoms with E-state index in [1.54, 1.807) is 24.3 Å². The molecule has 118 valence electrons. The average Bonchev–Trinajstić information content (AvgIpc) is 2.98. The maximum atomic E-state index is 12.1. The van der Waals surface area contributed by atoms with E-state index in [9.17, 15) is 4.79 Å². The van der Waals surface area contributed by atoms with Crippen LogP contribution >= 0.6 is 0 Å². The fraction of sp³-hybridized carbons (Fsp3) is 0.211. The van der Waals surface area contributed by atoms with E-state index >= 15 is 0 Å². The van der Waals surface area contributed by atoms with Gasteiger partial charge in [-0.1, -0.05) is 18.2 Å². The van der Waals surface area contributed by atoms with Gasteiger partial charge in [0.2, 0.25) is 0 Å². The van der Waals surface area contributed by atoms with Gasteiger partial charge in [-0.25, -0.2) is 0 Å². The monoisotopic (exact) mass is 309 g/mol. The summed E-state index contributed by atoms with van der Waals surface area (Å²) in [6.07, 6.45) is 0.664. The summed E-state index contributed by atoms with van der Waals surface area (Å²) in [5.74, 6) is 1.55. The van der Waals surface area contributed by atoms with Gasteiger partial charge in [-0.3, -0.25) is 4.79 Å². The van der Waals surface area contributed by atoms with E-state index in [0.717, 1.165) is 22.5 Å². The number of carbonyl (C=O) groups is 1. The highest BCUT2D eigenvalue weighted by molar-refractivity contribution is 5.94. The molecular weight excluding hydrogens is 290 g/mol. The minimum absolute atomic E-state index is 0.0934. The lowest BCUT2D eigenvalue weighted by Gasteiger charge is -2.06. The van der Waals surface area contributed by atoms with Crippen molar-refractivity contribution < 1.29 is 13.9 Å². The first-order valence-electron chi connectivity index (χ1n) is 7.75. The first kappa shape index (κ1) is 15.2. The van der Waals surface area contributed by atoms with Crippen molar-refractivity contribution in [1.29, 1.82) is 0 Å². The molecule has 1 amide bonds. The number of nitrogens with one attached hydrogen (secondary N) is 1. The summed E-state index contributed by atoms with van der Waals surface area (Å²) >= 11 is 0. The quantitative estimate of drug-likeness (QED) is 0.753. The van der Waals surface area contributed by atoms with Gasteiger partial charge < -0.3 is 14.5 Å². The number of ether oxygens (including phenoxy) is 1. The molecule has 0 spiro atoms. The van der Waals surface area contributed by atoms with E-state index in [4.69, 9.17) is 9.15 Å². The number of furan rings is 1. The summed E-state index contributed by atoms with van der Waals surface area (Å²) in [6.45, 7) is 3.08. The van der Waals surface area contributed by atoms with Gasteiger partial charge in [-0.15, -0.1) is 0 Å². The number of hydrogen-bond donors (Lipinski definition) is 1. The molecule has 0 saturated heterocycles. The highest BCUT2D eigenvalue weighted by Crippen LogP contribution is 2.18. The highest BCUT2D eigenvalue weighted by atomic mass is 16.5. The van der Waals surface area contributed by atoms with Crippen LogP contribution in [-0.4, -0.2) is 19.1 Å². The zero-order valence-electron chi connectivity index (χ0n) is 13.0. The molecule has 0 aliphatic rings. The number of rotatable bonds is 6. The van der Waals surface area contributed by atoms with Gasteiger partial charge in [-0.05, 0) is 43.3 Å². The maximum absolute atomic E-state index is 12.1. The van der Waals surface area contributed by atoms with Crippen LogP contribution in [0.3, 0.4) is 0 Å². The molecule has 4 heteroatoms. The van der Waals surface area contributed by atoms with Crippen LogP contribution in [0.1, 0.15) is 23.0 Å². The summed E-state index contributed by atoms with van der Waals surface area (Å²) in [5.41, 5.74) is 1.50. The van der Waals surface area contributed by atoms with Crippen LogP contribution in [-0.2, 0) is 6.42 Å². The van der Waals surface area contributed by atoms with Gasteiger partial charge in [0.15, 0.2) is 0 Å². The van der Waals surface area contributed by atoms with Crippen molar-refractivity contribution in [3.05, 3.63) is 65.9 Å². The van der Waals surface area contributed by atoms with Crippen LogP contribution < -0.4 is 10.1 Å². The minimum atomic E-state index is -0.0934. The zero-order valence-corrected chi connectivity index (χ0v) is 13.0. The third kappa shape index (κ3) is 3.72. The normalized spacial score (nSPS) is 10.7. The summed E-state index contributed by atoms with van der Waals surface area (Å²) < 4.78 is 11.1. The Labute approximate surface area is 135 Å². The van der Waals surface area contributed by atoms with Crippen molar-refractivity contribution in [2.45, 2.75) is 13.3 Å². The molecule has 0 aliphatic heterocycles. The number of benzene rings is 2. The molecule has 0 atom stereocenters. The molecule has 0 unspecified atom stereocenters. The molecule has 3 rings (SSSR count). The molecule has 0 radical (unpaired) electrons. The molecule has 23 heavy (non-hydrogen) atoms.